The zero-order chi connectivity index (χ0) is 24.3. The summed E-state index contributed by atoms with van der Waals surface area (Å²) in [6.45, 7) is 4.11. The molecule has 35 heavy (non-hydrogen) atoms. The molecule has 0 N–H and O–H groups in total. The fraction of sp³-hybridized carbons (Fsp3) is 0.0345. The molecule has 0 fully saturated rings. The van der Waals surface area contributed by atoms with E-state index < -0.39 is 21.5 Å². The fourth-order valence-corrected chi connectivity index (χ4v) is 23.0. The van der Waals surface area contributed by atoms with Crippen molar-refractivity contribution in [1.82, 2.24) is 11.7 Å². The molecule has 0 aliphatic rings. The van der Waals surface area contributed by atoms with Gasteiger partial charge in [0.05, 0.1) is 0 Å². The normalized spacial score (nSPS) is 11.3. The molecule has 0 unspecified atom stereocenters. The monoisotopic (exact) mass is 655 g/mol. The predicted octanol–water partition coefficient (Wildman–Crippen LogP) is 2.50. The number of hydrogen-bond donors (Lipinski definition) is 0. The third-order valence-corrected chi connectivity index (χ3v) is 24.0. The Morgan fingerprint density at radius 1 is 0.600 bits per heavy atom. The van der Waals surface area contributed by atoms with E-state index in [1.54, 1.807) is 22.9 Å². The van der Waals surface area contributed by atoms with Gasteiger partial charge in [-0.15, -0.1) is 0 Å². The average Bonchev–Trinajstić information content (AvgIpc) is 3.17. The van der Waals surface area contributed by atoms with Gasteiger partial charge in [-0.3, -0.25) is 0 Å². The van der Waals surface area contributed by atoms with Gasteiger partial charge in [-0.25, -0.2) is 0 Å². The predicted molar refractivity (Wildman–Crippen MR) is 144 cm³/mol. The van der Waals surface area contributed by atoms with Crippen molar-refractivity contribution in [1.29, 1.82) is 0 Å². The topological polar surface area (TPSA) is 48.9 Å². The Labute approximate surface area is 208 Å². The maximum atomic E-state index is 14.4. The molecule has 172 valence electrons. The first-order chi connectivity index (χ1) is 17.2. The van der Waals surface area contributed by atoms with E-state index >= 15 is 0 Å². The third-order valence-electron chi connectivity index (χ3n) is 6.23. The SMILES string of the molecule is C=CCn1c(=O)n(-c2ccccc2)c(=O)[n]1[Pb]([c]1ccccc1)([c]1ccccc1)[c]1ccccc1. The van der Waals surface area contributed by atoms with Gasteiger partial charge in [-0.05, 0) is 0 Å². The summed E-state index contributed by atoms with van der Waals surface area (Å²) in [4.78, 5) is 28.2. The van der Waals surface area contributed by atoms with Crippen LogP contribution >= 0.6 is 0 Å². The van der Waals surface area contributed by atoms with E-state index in [4.69, 9.17) is 0 Å². The van der Waals surface area contributed by atoms with Crippen LogP contribution in [0, 0.1) is 0 Å². The van der Waals surface area contributed by atoms with Crippen molar-refractivity contribution in [2.75, 3.05) is 0 Å². The van der Waals surface area contributed by atoms with Gasteiger partial charge in [0.1, 0.15) is 0 Å². The van der Waals surface area contributed by atoms with Crippen LogP contribution in [0.1, 0.15) is 0 Å². The maximum absolute atomic E-state index is 14.4. The molecule has 0 bridgehead atoms. The summed E-state index contributed by atoms with van der Waals surface area (Å²) >= 11 is -4.57. The standard InChI is InChI=1S/C11H11N3O2.3C6H5.Pb/c1-2-8-13-11(16)14(10(15)12-13)9-6-4-3-5-7-9;3*1-2-4-6-5-3-1;/h2-7H,1,8H2,(H,12,15);3*1-5H;/q;;;;+1/p-1. The van der Waals surface area contributed by atoms with Gasteiger partial charge < -0.3 is 0 Å². The Morgan fingerprint density at radius 3 is 1.40 bits per heavy atom. The molecule has 1 heterocycles. The van der Waals surface area contributed by atoms with Crippen LogP contribution < -0.4 is 20.7 Å². The minimum absolute atomic E-state index is 0.224. The number of benzene rings is 4. The van der Waals surface area contributed by atoms with Crippen LogP contribution in [-0.2, 0) is 6.54 Å². The number of allylic oxidation sites excluding steroid dienone is 1. The van der Waals surface area contributed by atoms with Gasteiger partial charge >= 0.3 is 210 Å². The van der Waals surface area contributed by atoms with Crippen molar-refractivity contribution in [2.45, 2.75) is 6.54 Å². The molecule has 5 rings (SSSR count). The molecule has 5 nitrogen and oxygen atoms in total. The summed E-state index contributed by atoms with van der Waals surface area (Å²) < 4.78 is 7.93. The first-order valence-corrected chi connectivity index (χ1v) is 19.0. The van der Waals surface area contributed by atoms with Crippen LogP contribution in [-0.4, -0.2) is 33.2 Å². The van der Waals surface area contributed by atoms with Gasteiger partial charge in [0.25, 0.3) is 0 Å². The summed E-state index contributed by atoms with van der Waals surface area (Å²) in [7, 11) is 0. The summed E-state index contributed by atoms with van der Waals surface area (Å²) in [5.74, 6) is 0. The van der Waals surface area contributed by atoms with Crippen molar-refractivity contribution >= 4 is 30.8 Å². The van der Waals surface area contributed by atoms with Crippen LogP contribution in [0.25, 0.3) is 5.69 Å². The Hall–Kier alpha value is -3.72. The van der Waals surface area contributed by atoms with E-state index in [0.717, 1.165) is 9.37 Å². The molecule has 0 saturated heterocycles. The fourth-order valence-electron chi connectivity index (χ4n) is 4.79. The van der Waals surface area contributed by atoms with Crippen LogP contribution in [0.3, 0.4) is 0 Å². The second-order valence-electron chi connectivity index (χ2n) is 8.23. The van der Waals surface area contributed by atoms with Crippen LogP contribution in [0.5, 0.6) is 0 Å². The Kier molecular flexibility index (Phi) is 6.50. The molecule has 1 aromatic heterocycles. The number of rotatable bonds is 7. The van der Waals surface area contributed by atoms with Gasteiger partial charge in [-0.1, -0.05) is 0 Å². The molecule has 0 saturated carbocycles. The second kappa shape index (κ2) is 9.87. The Balaban J connectivity index is 2.01. The number of aromatic nitrogens is 3. The molecular weight excluding hydrogens is 630 g/mol. The van der Waals surface area contributed by atoms with Gasteiger partial charge in [-0.2, -0.15) is 0 Å². The van der Waals surface area contributed by atoms with Crippen LogP contribution in [0.4, 0.5) is 0 Å². The molecule has 4 aromatic carbocycles. The number of hydrogen-bond acceptors (Lipinski definition) is 2. The molecule has 6 heteroatoms. The molecule has 0 amide bonds. The van der Waals surface area contributed by atoms with Crippen LogP contribution in [0.15, 0.2) is 144 Å². The molecule has 0 spiro atoms. The summed E-state index contributed by atoms with van der Waals surface area (Å²) in [6, 6.07) is 39.6. The van der Waals surface area contributed by atoms with E-state index in [1.165, 1.54) is 4.57 Å². The molecule has 0 aliphatic carbocycles. The zero-order valence-corrected chi connectivity index (χ0v) is 23.1. The van der Waals surface area contributed by atoms with Crippen LogP contribution in [0.2, 0.25) is 0 Å². The summed E-state index contributed by atoms with van der Waals surface area (Å²) in [6.07, 6.45) is 1.67. The molecule has 0 atom stereocenters. The quantitative estimate of drug-likeness (QED) is 0.200. The van der Waals surface area contributed by atoms with Crippen molar-refractivity contribution in [3.8, 4) is 5.69 Å². The minimum atomic E-state index is -4.57. The molecule has 0 radical (unpaired) electrons. The van der Waals surface area contributed by atoms with Crippen molar-refractivity contribution in [3.63, 3.8) is 0 Å². The van der Waals surface area contributed by atoms with Gasteiger partial charge in [0.2, 0.25) is 0 Å². The van der Waals surface area contributed by atoms with Crippen molar-refractivity contribution in [3.05, 3.63) is 155 Å². The summed E-state index contributed by atoms with van der Waals surface area (Å²) in [5.41, 5.74) is -0.148. The second-order valence-corrected chi connectivity index (χ2v) is 22.1. The Morgan fingerprint density at radius 2 is 1.00 bits per heavy atom. The first-order valence-electron chi connectivity index (χ1n) is 11.5. The Bertz CT molecular complexity index is 1460. The molecule has 5 aromatic rings. The number of nitrogens with zero attached hydrogens (tertiary/aromatic N) is 3. The van der Waals surface area contributed by atoms with Gasteiger partial charge in [0.15, 0.2) is 0 Å². The number of para-hydroxylation sites is 1. The van der Waals surface area contributed by atoms with E-state index in [0.29, 0.717) is 5.69 Å². The van der Waals surface area contributed by atoms with E-state index in [-0.39, 0.29) is 17.9 Å². The third kappa shape index (κ3) is 3.85. The molecular formula is C29H25N3O2Pb. The van der Waals surface area contributed by atoms with Gasteiger partial charge in [0, 0.05) is 0 Å². The summed E-state index contributed by atoms with van der Waals surface area (Å²) in [5, 5.41) is 0. The van der Waals surface area contributed by atoms with E-state index in [9.17, 15) is 9.59 Å². The van der Waals surface area contributed by atoms with Crippen molar-refractivity contribution < 1.29 is 0 Å². The van der Waals surface area contributed by atoms with E-state index in [1.807, 2.05) is 75.3 Å². The molecule has 0 aliphatic heterocycles. The average molecular weight is 655 g/mol. The van der Waals surface area contributed by atoms with E-state index in [2.05, 4.69) is 43.0 Å². The first kappa shape index (κ1) is 23.0. The zero-order valence-electron chi connectivity index (χ0n) is 19.2. The van der Waals surface area contributed by atoms with Crippen molar-refractivity contribution in [2.24, 2.45) is 0 Å².